The van der Waals surface area contributed by atoms with Gasteiger partial charge in [-0.2, -0.15) is 0 Å². The number of nitrogens with zero attached hydrogens (tertiary/aromatic N) is 1. The number of amides is 2. The number of hydrogen-bond donors (Lipinski definition) is 2. The van der Waals surface area contributed by atoms with E-state index < -0.39 is 16.1 Å². The van der Waals surface area contributed by atoms with Crippen LogP contribution in [0.25, 0.3) is 0 Å². The molecule has 2 aromatic carbocycles. The van der Waals surface area contributed by atoms with E-state index in [4.69, 9.17) is 11.6 Å². The molecule has 0 fully saturated rings. The number of halogens is 1. The summed E-state index contributed by atoms with van der Waals surface area (Å²) in [7, 11) is -3.32. The molecule has 2 aromatic rings. The second-order valence-corrected chi connectivity index (χ2v) is 8.21. The van der Waals surface area contributed by atoms with E-state index in [-0.39, 0.29) is 5.75 Å². The average molecular weight is 380 g/mol. The molecular weight excluding hydrogens is 362 g/mol. The summed E-state index contributed by atoms with van der Waals surface area (Å²) in [5.74, 6) is 0.0388. The van der Waals surface area contributed by atoms with Gasteiger partial charge in [-0.15, -0.1) is 0 Å². The van der Waals surface area contributed by atoms with Gasteiger partial charge in [0.2, 0.25) is 10.0 Å². The van der Waals surface area contributed by atoms with Crippen molar-refractivity contribution in [3.8, 4) is 0 Å². The number of fused-ring (bicyclic) bond motifs is 1. The predicted octanol–water partition coefficient (Wildman–Crippen LogP) is 3.70. The molecule has 132 valence electrons. The Morgan fingerprint density at radius 1 is 1.20 bits per heavy atom. The standard InChI is InChI=1S/C17H18ClN3O3S/c1-2-25(23,24)21-10-9-12-7-8-13(11-16(12)21)19-17(22)20-15-6-4-3-5-14(15)18/h3-8,11H,2,9-10H2,1H3,(H2,19,20,22). The van der Waals surface area contributed by atoms with Gasteiger partial charge >= 0.3 is 6.03 Å². The van der Waals surface area contributed by atoms with Crippen molar-refractivity contribution in [2.24, 2.45) is 0 Å². The van der Waals surface area contributed by atoms with E-state index in [1.807, 2.05) is 6.07 Å². The van der Waals surface area contributed by atoms with E-state index >= 15 is 0 Å². The molecule has 0 unspecified atom stereocenters. The molecule has 0 bridgehead atoms. The highest BCUT2D eigenvalue weighted by Crippen LogP contribution is 2.33. The highest BCUT2D eigenvalue weighted by Gasteiger charge is 2.28. The summed E-state index contributed by atoms with van der Waals surface area (Å²) in [4.78, 5) is 12.2. The summed E-state index contributed by atoms with van der Waals surface area (Å²) < 4.78 is 25.8. The van der Waals surface area contributed by atoms with E-state index in [1.54, 1.807) is 43.3 Å². The van der Waals surface area contributed by atoms with Crippen LogP contribution in [0.1, 0.15) is 12.5 Å². The molecule has 0 saturated heterocycles. The number of carbonyl (C=O) groups excluding carboxylic acids is 1. The topological polar surface area (TPSA) is 78.5 Å². The lowest BCUT2D eigenvalue weighted by molar-refractivity contribution is 0.262. The monoisotopic (exact) mass is 379 g/mol. The first-order valence-corrected chi connectivity index (χ1v) is 9.85. The van der Waals surface area contributed by atoms with Crippen molar-refractivity contribution in [3.63, 3.8) is 0 Å². The Hall–Kier alpha value is -2.25. The third kappa shape index (κ3) is 3.72. The first-order valence-electron chi connectivity index (χ1n) is 7.86. The Labute approximate surface area is 151 Å². The van der Waals surface area contributed by atoms with Crippen molar-refractivity contribution in [1.29, 1.82) is 0 Å². The Balaban J connectivity index is 1.78. The maximum atomic E-state index is 12.2. The number of para-hydroxylation sites is 1. The Kier molecular flexibility index (Phi) is 4.87. The van der Waals surface area contributed by atoms with E-state index in [2.05, 4.69) is 10.6 Å². The second-order valence-electron chi connectivity index (χ2n) is 5.63. The minimum atomic E-state index is -3.32. The van der Waals surface area contributed by atoms with Crippen molar-refractivity contribution in [3.05, 3.63) is 53.1 Å². The average Bonchev–Trinajstić information content (AvgIpc) is 3.01. The van der Waals surface area contributed by atoms with Crippen molar-refractivity contribution < 1.29 is 13.2 Å². The summed E-state index contributed by atoms with van der Waals surface area (Å²) in [6, 6.07) is 11.7. The summed E-state index contributed by atoms with van der Waals surface area (Å²) in [6.07, 6.45) is 0.667. The number of anilines is 3. The molecule has 1 heterocycles. The quantitative estimate of drug-likeness (QED) is 0.850. The molecular formula is C17H18ClN3O3S. The molecule has 25 heavy (non-hydrogen) atoms. The number of rotatable bonds is 4. The number of benzene rings is 2. The van der Waals surface area contributed by atoms with Crippen LogP contribution in [0.2, 0.25) is 5.02 Å². The molecule has 6 nitrogen and oxygen atoms in total. The fourth-order valence-electron chi connectivity index (χ4n) is 2.72. The second kappa shape index (κ2) is 6.93. The zero-order valence-corrected chi connectivity index (χ0v) is 15.2. The van der Waals surface area contributed by atoms with Crippen molar-refractivity contribution in [1.82, 2.24) is 0 Å². The molecule has 0 spiro atoms. The van der Waals surface area contributed by atoms with Crippen LogP contribution in [0.5, 0.6) is 0 Å². The molecule has 0 atom stereocenters. The van der Waals surface area contributed by atoms with Gasteiger partial charge in [0.05, 0.1) is 22.2 Å². The van der Waals surface area contributed by atoms with E-state index in [0.29, 0.717) is 35.1 Å². The fraction of sp³-hybridized carbons (Fsp3) is 0.235. The molecule has 2 amide bonds. The molecule has 0 saturated carbocycles. The third-order valence-corrected chi connectivity index (χ3v) is 6.13. The molecule has 2 N–H and O–H groups in total. The maximum Gasteiger partial charge on any atom is 0.323 e. The lowest BCUT2D eigenvalue weighted by Crippen LogP contribution is -2.30. The van der Waals surface area contributed by atoms with Crippen molar-refractivity contribution >= 4 is 44.7 Å². The predicted molar refractivity (Wildman–Crippen MR) is 101 cm³/mol. The lowest BCUT2D eigenvalue weighted by atomic mass is 10.1. The first kappa shape index (κ1) is 17.6. The number of sulfonamides is 1. The van der Waals surface area contributed by atoms with Gasteiger partial charge in [0.1, 0.15) is 0 Å². The maximum absolute atomic E-state index is 12.2. The number of nitrogens with one attached hydrogen (secondary N) is 2. The van der Waals surface area contributed by atoms with Crippen LogP contribution in [-0.4, -0.2) is 26.7 Å². The van der Waals surface area contributed by atoms with Crippen molar-refractivity contribution in [2.75, 3.05) is 27.2 Å². The Bertz CT molecular complexity index is 915. The molecule has 3 rings (SSSR count). The molecule has 8 heteroatoms. The summed E-state index contributed by atoms with van der Waals surface area (Å²) in [5.41, 5.74) is 2.59. The molecule has 0 aliphatic carbocycles. The number of carbonyl (C=O) groups is 1. The molecule has 0 radical (unpaired) electrons. The minimum absolute atomic E-state index is 0.0388. The van der Waals surface area contributed by atoms with Gasteiger partial charge in [-0.25, -0.2) is 13.2 Å². The fourth-order valence-corrected chi connectivity index (χ4v) is 4.05. The Morgan fingerprint density at radius 3 is 2.68 bits per heavy atom. The third-order valence-electron chi connectivity index (χ3n) is 4.02. The SMILES string of the molecule is CCS(=O)(=O)N1CCc2ccc(NC(=O)Nc3ccccc3Cl)cc21. The molecule has 0 aromatic heterocycles. The smallest absolute Gasteiger partial charge is 0.308 e. The summed E-state index contributed by atoms with van der Waals surface area (Å²) in [5, 5.41) is 5.81. The molecule has 1 aliphatic rings. The highest BCUT2D eigenvalue weighted by molar-refractivity contribution is 7.92. The number of hydrogen-bond acceptors (Lipinski definition) is 3. The van der Waals surface area contributed by atoms with Crippen LogP contribution < -0.4 is 14.9 Å². The normalized spacial score (nSPS) is 13.4. The van der Waals surface area contributed by atoms with Gasteiger partial charge in [-0.3, -0.25) is 4.31 Å². The summed E-state index contributed by atoms with van der Waals surface area (Å²) in [6.45, 7) is 2.05. The highest BCUT2D eigenvalue weighted by atomic mass is 35.5. The van der Waals surface area contributed by atoms with E-state index in [1.165, 1.54) is 4.31 Å². The summed E-state index contributed by atoms with van der Waals surface area (Å²) >= 11 is 6.02. The van der Waals surface area contributed by atoms with E-state index in [0.717, 1.165) is 5.56 Å². The van der Waals surface area contributed by atoms with Gasteiger partial charge in [0.15, 0.2) is 0 Å². The lowest BCUT2D eigenvalue weighted by Gasteiger charge is -2.19. The van der Waals surface area contributed by atoms with Crippen LogP contribution in [0.4, 0.5) is 21.9 Å². The van der Waals surface area contributed by atoms with Crippen LogP contribution in [0.3, 0.4) is 0 Å². The zero-order valence-electron chi connectivity index (χ0n) is 13.6. The van der Waals surface area contributed by atoms with Crippen LogP contribution in [-0.2, 0) is 16.4 Å². The van der Waals surface area contributed by atoms with Gasteiger partial charge in [0, 0.05) is 12.2 Å². The number of urea groups is 1. The zero-order chi connectivity index (χ0) is 18.0. The van der Waals surface area contributed by atoms with Gasteiger partial charge in [-0.1, -0.05) is 29.8 Å². The molecule has 1 aliphatic heterocycles. The van der Waals surface area contributed by atoms with Crippen LogP contribution >= 0.6 is 11.6 Å². The van der Waals surface area contributed by atoms with E-state index in [9.17, 15) is 13.2 Å². The van der Waals surface area contributed by atoms with Gasteiger partial charge in [0.25, 0.3) is 0 Å². The first-order chi connectivity index (χ1) is 11.9. The van der Waals surface area contributed by atoms with Crippen LogP contribution in [0, 0.1) is 0 Å². The van der Waals surface area contributed by atoms with Gasteiger partial charge < -0.3 is 10.6 Å². The van der Waals surface area contributed by atoms with Crippen LogP contribution in [0.15, 0.2) is 42.5 Å². The van der Waals surface area contributed by atoms with Crippen molar-refractivity contribution in [2.45, 2.75) is 13.3 Å². The largest absolute Gasteiger partial charge is 0.323 e. The Morgan fingerprint density at radius 2 is 1.96 bits per heavy atom. The van der Waals surface area contributed by atoms with Gasteiger partial charge in [-0.05, 0) is 43.2 Å². The minimum Gasteiger partial charge on any atom is -0.308 e.